The highest BCUT2D eigenvalue weighted by Gasteiger charge is 2.36. The largest absolute Gasteiger partial charge is 0.480 e. The molecule has 0 saturated heterocycles. The summed E-state index contributed by atoms with van der Waals surface area (Å²) in [7, 11) is 0. The molecule has 0 aromatic heterocycles. The summed E-state index contributed by atoms with van der Waals surface area (Å²) in [5, 5.41) is 33.8. The van der Waals surface area contributed by atoms with Crippen LogP contribution in [-0.2, 0) is 54.4 Å². The van der Waals surface area contributed by atoms with E-state index >= 15 is 0 Å². The number of aliphatic imine (C=N–C) groups is 1. The quantitative estimate of drug-likeness (QED) is 0.0247. The van der Waals surface area contributed by atoms with Gasteiger partial charge in [-0.15, -0.1) is 0 Å². The SMILES string of the molecule is CCCCCCCC(=O)NCC(=O)N[C@H](C(=O)N[C@H](C(=O)NCC(=O)N[C@@H](CCCCN)C(=O)N[C@H](CCCN=C(N)N)C(=O)N[C@H](C(=O)N[C@H](C(=O)N[C@@H](Cc1ccccc1)C(=O)O)C(C)C)[C@@H](C)CC)C(C)C)[C@@H](C)CC. The fourth-order valence-electron chi connectivity index (χ4n) is 8.23. The third kappa shape index (κ3) is 28.0. The molecule has 1 aromatic rings. The predicted molar refractivity (Wildman–Crippen MR) is 302 cm³/mol. The second kappa shape index (κ2) is 38.7. The van der Waals surface area contributed by atoms with Crippen molar-refractivity contribution in [3.63, 3.8) is 0 Å². The van der Waals surface area contributed by atoms with Crippen molar-refractivity contribution in [2.45, 2.75) is 194 Å². The summed E-state index contributed by atoms with van der Waals surface area (Å²) in [5.41, 5.74) is 17.5. The summed E-state index contributed by atoms with van der Waals surface area (Å²) in [5.74, 6) is -9.31. The van der Waals surface area contributed by atoms with Gasteiger partial charge in [0.2, 0.25) is 53.2 Å². The van der Waals surface area contributed by atoms with E-state index in [9.17, 15) is 53.1 Å². The van der Waals surface area contributed by atoms with Crippen LogP contribution in [0.15, 0.2) is 35.3 Å². The third-order valence-corrected chi connectivity index (χ3v) is 13.5. The van der Waals surface area contributed by atoms with E-state index in [0.29, 0.717) is 37.7 Å². The number of hydrogen-bond donors (Lipinski definition) is 13. The molecule has 9 amide bonds. The molecular formula is C55H95N13O11. The van der Waals surface area contributed by atoms with Gasteiger partial charge in [-0.25, -0.2) is 4.79 Å². The van der Waals surface area contributed by atoms with Crippen LogP contribution in [0.2, 0.25) is 0 Å². The van der Waals surface area contributed by atoms with Crippen LogP contribution in [0, 0.1) is 23.7 Å². The molecule has 0 unspecified atom stereocenters. The van der Waals surface area contributed by atoms with E-state index in [-0.39, 0.29) is 69.5 Å². The Kier molecular flexibility index (Phi) is 34.3. The average molecular weight is 1110 g/mol. The van der Waals surface area contributed by atoms with E-state index in [1.807, 2.05) is 6.92 Å². The Balaban J connectivity index is 3.27. The smallest absolute Gasteiger partial charge is 0.326 e. The topological polar surface area (TPSA) is 390 Å². The lowest BCUT2D eigenvalue weighted by Crippen LogP contribution is -2.61. The highest BCUT2D eigenvalue weighted by Crippen LogP contribution is 2.15. The summed E-state index contributed by atoms with van der Waals surface area (Å²) >= 11 is 0. The number of rotatable bonds is 40. The Morgan fingerprint density at radius 3 is 1.53 bits per heavy atom. The number of hydrogen-bond acceptors (Lipinski definition) is 12. The van der Waals surface area contributed by atoms with Crippen LogP contribution >= 0.6 is 0 Å². The second-order valence-electron chi connectivity index (χ2n) is 20.9. The molecule has 0 aliphatic rings. The molecule has 1 rings (SSSR count). The fraction of sp³-hybridized carbons (Fsp3) is 0.691. The Hall–Kier alpha value is -6.85. The molecule has 79 heavy (non-hydrogen) atoms. The first-order valence-electron chi connectivity index (χ1n) is 28.1. The van der Waals surface area contributed by atoms with Crippen LogP contribution in [0.5, 0.6) is 0 Å². The van der Waals surface area contributed by atoms with Crippen molar-refractivity contribution >= 4 is 65.1 Å². The van der Waals surface area contributed by atoms with E-state index < -0.39 is 120 Å². The molecule has 0 aliphatic carbocycles. The van der Waals surface area contributed by atoms with Crippen LogP contribution < -0.4 is 65.1 Å². The van der Waals surface area contributed by atoms with Crippen LogP contribution in [0.25, 0.3) is 0 Å². The van der Waals surface area contributed by atoms with Crippen LogP contribution in [0.3, 0.4) is 0 Å². The highest BCUT2D eigenvalue weighted by molar-refractivity contribution is 5.97. The van der Waals surface area contributed by atoms with Gasteiger partial charge in [0.1, 0.15) is 42.3 Å². The molecule has 0 radical (unpaired) electrons. The van der Waals surface area contributed by atoms with Gasteiger partial charge in [0.15, 0.2) is 5.96 Å². The standard InChI is InChI=1S/C55H95N13O11/c1-10-13-14-15-19-27-41(69)60-31-43(71)65-46(35(8)11-2)52(76)66-44(33(4)5)50(74)61-32-42(70)62-38(25-20-21-28-56)48(72)63-39(26-22-29-59-55(57)58)49(73)68-47(36(9)12-3)53(77)67-45(34(6)7)51(75)64-40(54(78)79)30-37-23-17-16-18-24-37/h16-18,23-24,33-36,38-40,44-47H,10-15,19-22,25-32,56H2,1-9H3,(H,60,69)(H,61,74)(H,62,70)(H,63,72)(H,64,75)(H,65,71)(H,66,76)(H,67,77)(H,68,73)(H,78,79)(H4,57,58,59)/t35-,36-,38-,39+,40-,44-,45-,46-,47-/m0/s1. The van der Waals surface area contributed by atoms with E-state index in [4.69, 9.17) is 17.2 Å². The minimum absolute atomic E-state index is 0.00944. The fourth-order valence-corrected chi connectivity index (χ4v) is 8.23. The second-order valence-corrected chi connectivity index (χ2v) is 20.9. The van der Waals surface area contributed by atoms with Crippen molar-refractivity contribution in [1.29, 1.82) is 0 Å². The Labute approximate surface area is 467 Å². The summed E-state index contributed by atoms with van der Waals surface area (Å²) in [6, 6.07) is 0.234. The lowest BCUT2D eigenvalue weighted by molar-refractivity contribution is -0.142. The van der Waals surface area contributed by atoms with Crippen LogP contribution in [0.1, 0.15) is 151 Å². The first-order valence-corrected chi connectivity index (χ1v) is 28.1. The number of carbonyl (C=O) groups is 10. The van der Waals surface area contributed by atoms with Gasteiger partial charge in [-0.05, 0) is 74.3 Å². The molecule has 0 bridgehead atoms. The molecule has 0 saturated carbocycles. The third-order valence-electron chi connectivity index (χ3n) is 13.5. The number of nitrogens with zero attached hydrogens (tertiary/aromatic N) is 1. The number of carbonyl (C=O) groups excluding carboxylic acids is 9. The number of nitrogens with two attached hydrogens (primary N) is 3. The monoisotopic (exact) mass is 1110 g/mol. The number of amides is 9. The Morgan fingerprint density at radius 2 is 0.987 bits per heavy atom. The van der Waals surface area contributed by atoms with E-state index in [1.54, 1.807) is 78.8 Å². The van der Waals surface area contributed by atoms with Gasteiger partial charge in [-0.2, -0.15) is 0 Å². The van der Waals surface area contributed by atoms with E-state index in [1.165, 1.54) is 0 Å². The normalized spacial score (nSPS) is 14.5. The molecule has 9 atom stereocenters. The number of aliphatic carboxylic acids is 1. The number of carboxylic acids is 1. The van der Waals surface area contributed by atoms with Crippen molar-refractivity contribution in [3.05, 3.63) is 35.9 Å². The van der Waals surface area contributed by atoms with Gasteiger partial charge in [0.05, 0.1) is 13.1 Å². The average Bonchev–Trinajstić information content (AvgIpc) is 3.40. The Morgan fingerprint density at radius 1 is 0.506 bits per heavy atom. The molecule has 1 aromatic carbocycles. The molecular weight excluding hydrogens is 1020 g/mol. The number of unbranched alkanes of at least 4 members (excludes halogenated alkanes) is 5. The molecule has 24 nitrogen and oxygen atoms in total. The zero-order chi connectivity index (χ0) is 59.6. The zero-order valence-electron chi connectivity index (χ0n) is 48.2. The first-order chi connectivity index (χ1) is 37.4. The summed E-state index contributed by atoms with van der Waals surface area (Å²) in [4.78, 5) is 139. The molecule has 0 fully saturated rings. The van der Waals surface area contributed by atoms with Crippen molar-refractivity contribution in [1.82, 2.24) is 47.9 Å². The zero-order valence-corrected chi connectivity index (χ0v) is 48.2. The lowest BCUT2D eigenvalue weighted by Gasteiger charge is -2.30. The number of benzene rings is 1. The van der Waals surface area contributed by atoms with Crippen LogP contribution in [0.4, 0.5) is 0 Å². The Bertz CT molecular complexity index is 2120. The maximum atomic E-state index is 14.3. The predicted octanol–water partition coefficient (Wildman–Crippen LogP) is 0.887. The summed E-state index contributed by atoms with van der Waals surface area (Å²) < 4.78 is 0. The van der Waals surface area contributed by atoms with E-state index in [0.717, 1.165) is 25.7 Å². The number of carboxylic acid groups (broad SMARTS) is 1. The molecule has 24 heteroatoms. The minimum Gasteiger partial charge on any atom is -0.480 e. The van der Waals surface area contributed by atoms with Gasteiger partial charge in [-0.1, -0.05) is 131 Å². The molecule has 446 valence electrons. The molecule has 16 N–H and O–H groups in total. The number of guanidine groups is 1. The number of nitrogens with one attached hydrogen (secondary N) is 9. The van der Waals surface area contributed by atoms with Gasteiger partial charge >= 0.3 is 5.97 Å². The van der Waals surface area contributed by atoms with Gasteiger partial charge in [-0.3, -0.25) is 48.1 Å². The lowest BCUT2D eigenvalue weighted by atomic mass is 9.95. The molecule has 0 aliphatic heterocycles. The van der Waals surface area contributed by atoms with Gasteiger partial charge in [0.25, 0.3) is 0 Å². The highest BCUT2D eigenvalue weighted by atomic mass is 16.4. The van der Waals surface area contributed by atoms with Crippen molar-refractivity contribution in [2.75, 3.05) is 26.2 Å². The van der Waals surface area contributed by atoms with Crippen molar-refractivity contribution in [2.24, 2.45) is 45.9 Å². The molecule has 0 heterocycles. The minimum atomic E-state index is -1.31. The van der Waals surface area contributed by atoms with Gasteiger partial charge in [0, 0.05) is 19.4 Å². The summed E-state index contributed by atoms with van der Waals surface area (Å²) in [6.07, 6.45) is 7.06. The van der Waals surface area contributed by atoms with E-state index in [2.05, 4.69) is 59.8 Å². The first kappa shape index (κ1) is 70.2. The summed E-state index contributed by atoms with van der Waals surface area (Å²) in [6.45, 7) is 15.3. The van der Waals surface area contributed by atoms with Gasteiger partial charge < -0.3 is 70.2 Å². The van der Waals surface area contributed by atoms with Crippen molar-refractivity contribution < 1.29 is 53.1 Å². The maximum absolute atomic E-state index is 14.3. The maximum Gasteiger partial charge on any atom is 0.326 e. The molecule has 0 spiro atoms. The van der Waals surface area contributed by atoms with Crippen molar-refractivity contribution in [3.8, 4) is 0 Å². The van der Waals surface area contributed by atoms with Crippen LogP contribution in [-0.4, -0.2) is 139 Å².